The van der Waals surface area contributed by atoms with Gasteiger partial charge in [0.2, 0.25) is 0 Å². The summed E-state index contributed by atoms with van der Waals surface area (Å²) in [6.45, 7) is 0.314. The molecule has 3 aromatic rings. The predicted octanol–water partition coefficient (Wildman–Crippen LogP) is 4.20. The Kier molecular flexibility index (Phi) is 6.24. The second-order valence-electron chi connectivity index (χ2n) is 5.87. The van der Waals surface area contributed by atoms with Gasteiger partial charge in [0.1, 0.15) is 5.82 Å². The highest BCUT2D eigenvalue weighted by atomic mass is 35.5. The summed E-state index contributed by atoms with van der Waals surface area (Å²) < 4.78 is 4.79. The van der Waals surface area contributed by atoms with Crippen LogP contribution in [0.2, 0.25) is 5.02 Å². The van der Waals surface area contributed by atoms with Crippen LogP contribution in [0.5, 0.6) is 0 Å². The molecule has 28 heavy (non-hydrogen) atoms. The normalized spacial score (nSPS) is 10.2. The molecule has 6 nitrogen and oxygen atoms in total. The molecule has 3 rings (SSSR count). The lowest BCUT2D eigenvalue weighted by Crippen LogP contribution is -2.23. The quantitative estimate of drug-likeness (QED) is 0.611. The van der Waals surface area contributed by atoms with Crippen molar-refractivity contribution in [3.63, 3.8) is 0 Å². The first-order valence-corrected chi connectivity index (χ1v) is 8.88. The van der Waals surface area contributed by atoms with Crippen molar-refractivity contribution >= 4 is 35.0 Å². The molecule has 0 aliphatic rings. The van der Waals surface area contributed by atoms with Gasteiger partial charge in [-0.05, 0) is 35.9 Å². The van der Waals surface area contributed by atoms with Crippen LogP contribution < -0.4 is 10.6 Å². The van der Waals surface area contributed by atoms with E-state index in [1.165, 1.54) is 13.3 Å². The first-order valence-electron chi connectivity index (χ1n) is 8.50. The Morgan fingerprint density at radius 3 is 2.61 bits per heavy atom. The van der Waals surface area contributed by atoms with Crippen molar-refractivity contribution in [3.05, 3.63) is 88.6 Å². The van der Waals surface area contributed by atoms with Crippen molar-refractivity contribution in [1.29, 1.82) is 0 Å². The molecule has 7 heteroatoms. The van der Waals surface area contributed by atoms with Crippen molar-refractivity contribution in [1.82, 2.24) is 10.3 Å². The summed E-state index contributed by atoms with van der Waals surface area (Å²) in [5.41, 5.74) is 2.17. The van der Waals surface area contributed by atoms with Crippen LogP contribution in [0.25, 0.3) is 0 Å². The number of carbonyl (C=O) groups is 2. The first kappa shape index (κ1) is 19.4. The van der Waals surface area contributed by atoms with Crippen LogP contribution >= 0.6 is 11.6 Å². The van der Waals surface area contributed by atoms with Gasteiger partial charge in [-0.2, -0.15) is 0 Å². The largest absolute Gasteiger partial charge is 0.465 e. The lowest BCUT2D eigenvalue weighted by atomic mass is 10.1. The zero-order valence-corrected chi connectivity index (χ0v) is 15.9. The van der Waals surface area contributed by atoms with Gasteiger partial charge in [-0.1, -0.05) is 41.9 Å². The number of nitrogens with zero attached hydrogens (tertiary/aromatic N) is 1. The first-order chi connectivity index (χ1) is 13.6. The molecule has 0 aliphatic carbocycles. The molecule has 0 saturated heterocycles. The summed E-state index contributed by atoms with van der Waals surface area (Å²) in [5.74, 6) is -0.287. The fourth-order valence-electron chi connectivity index (χ4n) is 2.58. The number of aromatic nitrogens is 1. The van der Waals surface area contributed by atoms with E-state index in [9.17, 15) is 9.59 Å². The molecule has 0 radical (unpaired) electrons. The van der Waals surface area contributed by atoms with Gasteiger partial charge in [-0.3, -0.25) is 4.79 Å². The van der Waals surface area contributed by atoms with Crippen LogP contribution in [0.4, 0.5) is 11.5 Å². The summed E-state index contributed by atoms with van der Waals surface area (Å²) in [7, 11) is 1.32. The molecule has 0 bridgehead atoms. The molecule has 1 heterocycles. The van der Waals surface area contributed by atoms with Crippen molar-refractivity contribution in [2.45, 2.75) is 6.54 Å². The second-order valence-corrected chi connectivity index (χ2v) is 6.27. The third kappa shape index (κ3) is 4.66. The molecular weight excluding hydrogens is 378 g/mol. The Morgan fingerprint density at radius 1 is 1.07 bits per heavy atom. The van der Waals surface area contributed by atoms with E-state index in [0.29, 0.717) is 34.2 Å². The second kappa shape index (κ2) is 9.01. The number of anilines is 2. The third-order valence-electron chi connectivity index (χ3n) is 4.01. The number of ether oxygens (including phenoxy) is 1. The Balaban J connectivity index is 1.73. The van der Waals surface area contributed by atoms with Gasteiger partial charge in [0.05, 0.1) is 18.4 Å². The number of carbonyl (C=O) groups excluding carboxylic acids is 2. The minimum Gasteiger partial charge on any atom is -0.465 e. The van der Waals surface area contributed by atoms with Crippen molar-refractivity contribution in [3.8, 4) is 0 Å². The molecule has 142 valence electrons. The highest BCUT2D eigenvalue weighted by molar-refractivity contribution is 6.31. The number of hydrogen-bond donors (Lipinski definition) is 2. The molecule has 2 N–H and O–H groups in total. The van der Waals surface area contributed by atoms with Gasteiger partial charge in [-0.15, -0.1) is 0 Å². The van der Waals surface area contributed by atoms with E-state index in [1.807, 2.05) is 18.2 Å². The smallest absolute Gasteiger partial charge is 0.339 e. The Labute approximate surface area is 167 Å². The summed E-state index contributed by atoms with van der Waals surface area (Å²) in [5, 5.41) is 6.48. The summed E-state index contributed by atoms with van der Waals surface area (Å²) in [6.07, 6.45) is 1.52. The van der Waals surface area contributed by atoms with Crippen molar-refractivity contribution < 1.29 is 14.3 Å². The van der Waals surface area contributed by atoms with E-state index in [2.05, 4.69) is 15.6 Å². The fourth-order valence-corrected chi connectivity index (χ4v) is 2.78. The Morgan fingerprint density at radius 2 is 1.82 bits per heavy atom. The maximum Gasteiger partial charge on any atom is 0.339 e. The highest BCUT2D eigenvalue weighted by Gasteiger charge is 2.13. The van der Waals surface area contributed by atoms with E-state index < -0.39 is 5.97 Å². The average molecular weight is 396 g/mol. The molecule has 1 amide bonds. The molecule has 2 aromatic carbocycles. The monoisotopic (exact) mass is 395 g/mol. The SMILES string of the molecule is COC(=O)c1ccccc1Nc1cc(C(=O)NCc2ccccc2Cl)ccn1. The van der Waals surface area contributed by atoms with Gasteiger partial charge in [0, 0.05) is 23.3 Å². The van der Waals surface area contributed by atoms with Crippen LogP contribution in [0.1, 0.15) is 26.3 Å². The van der Waals surface area contributed by atoms with Crippen LogP contribution in [-0.2, 0) is 11.3 Å². The van der Waals surface area contributed by atoms with Gasteiger partial charge in [0.15, 0.2) is 0 Å². The summed E-state index contributed by atoms with van der Waals surface area (Å²) >= 11 is 6.11. The molecule has 0 unspecified atom stereocenters. The number of amides is 1. The zero-order chi connectivity index (χ0) is 19.9. The molecule has 0 saturated carbocycles. The van der Waals surface area contributed by atoms with Gasteiger partial charge in [0.25, 0.3) is 5.91 Å². The fraction of sp³-hybridized carbons (Fsp3) is 0.0952. The topological polar surface area (TPSA) is 80.3 Å². The molecule has 0 spiro atoms. The van der Waals surface area contributed by atoms with E-state index in [1.54, 1.807) is 42.5 Å². The number of pyridine rings is 1. The number of halogens is 1. The number of hydrogen-bond acceptors (Lipinski definition) is 5. The van der Waals surface area contributed by atoms with E-state index in [4.69, 9.17) is 16.3 Å². The van der Waals surface area contributed by atoms with Crippen LogP contribution in [-0.4, -0.2) is 24.0 Å². The molecule has 0 aliphatic heterocycles. The van der Waals surface area contributed by atoms with Gasteiger partial charge >= 0.3 is 5.97 Å². The van der Waals surface area contributed by atoms with Crippen LogP contribution in [0.15, 0.2) is 66.9 Å². The standard InChI is InChI=1S/C21H18ClN3O3/c1-28-21(27)16-7-3-5-9-18(16)25-19-12-14(10-11-23-19)20(26)24-13-15-6-2-4-8-17(15)22/h2-12H,13H2,1H3,(H,23,25)(H,24,26). The van der Waals surface area contributed by atoms with Crippen LogP contribution in [0, 0.1) is 0 Å². The summed E-state index contributed by atoms with van der Waals surface area (Å²) in [6, 6.07) is 17.4. The molecule has 0 atom stereocenters. The Bertz CT molecular complexity index is 1010. The molecule has 0 fully saturated rings. The number of rotatable bonds is 6. The number of benzene rings is 2. The minimum absolute atomic E-state index is 0.258. The maximum absolute atomic E-state index is 12.5. The van der Waals surface area contributed by atoms with E-state index >= 15 is 0 Å². The number of para-hydroxylation sites is 1. The lowest BCUT2D eigenvalue weighted by molar-refractivity contribution is 0.0601. The van der Waals surface area contributed by atoms with Crippen molar-refractivity contribution in [2.24, 2.45) is 0 Å². The average Bonchev–Trinajstić information content (AvgIpc) is 2.73. The minimum atomic E-state index is -0.461. The highest BCUT2D eigenvalue weighted by Crippen LogP contribution is 2.21. The maximum atomic E-state index is 12.5. The number of esters is 1. The number of methoxy groups -OCH3 is 1. The van der Waals surface area contributed by atoms with Gasteiger partial charge in [-0.25, -0.2) is 9.78 Å². The Hall–Kier alpha value is -3.38. The lowest BCUT2D eigenvalue weighted by Gasteiger charge is -2.11. The third-order valence-corrected chi connectivity index (χ3v) is 4.38. The van der Waals surface area contributed by atoms with Gasteiger partial charge < -0.3 is 15.4 Å². The van der Waals surface area contributed by atoms with Crippen molar-refractivity contribution in [2.75, 3.05) is 12.4 Å². The molecular formula is C21H18ClN3O3. The molecule has 1 aromatic heterocycles. The van der Waals surface area contributed by atoms with E-state index in [0.717, 1.165) is 5.56 Å². The number of nitrogens with one attached hydrogen (secondary N) is 2. The van der Waals surface area contributed by atoms with E-state index in [-0.39, 0.29) is 5.91 Å². The predicted molar refractivity (Wildman–Crippen MR) is 108 cm³/mol. The zero-order valence-electron chi connectivity index (χ0n) is 15.1. The van der Waals surface area contributed by atoms with Crippen LogP contribution in [0.3, 0.4) is 0 Å². The summed E-state index contributed by atoms with van der Waals surface area (Å²) in [4.78, 5) is 28.6.